The summed E-state index contributed by atoms with van der Waals surface area (Å²) in [5, 5.41) is 10.6. The van der Waals surface area contributed by atoms with Crippen LogP contribution in [0.4, 0.5) is 13.2 Å². The maximum Gasteiger partial charge on any atom is 0.393 e. The van der Waals surface area contributed by atoms with Crippen molar-refractivity contribution >= 4 is 76.6 Å². The van der Waals surface area contributed by atoms with Gasteiger partial charge in [-0.05, 0) is 127 Å². The zero-order valence-corrected chi connectivity index (χ0v) is 56.0. The van der Waals surface area contributed by atoms with Crippen LogP contribution in [0.15, 0.2) is 0 Å². The van der Waals surface area contributed by atoms with Gasteiger partial charge in [-0.15, -0.1) is 11.6 Å². The van der Waals surface area contributed by atoms with Gasteiger partial charge in [0.2, 0.25) is 65.0 Å². The van der Waals surface area contributed by atoms with Crippen LogP contribution in [0.3, 0.4) is 0 Å². The van der Waals surface area contributed by atoms with E-state index in [9.17, 15) is 51.5 Å². The highest BCUT2D eigenvalue weighted by Crippen LogP contribution is 2.44. The summed E-state index contributed by atoms with van der Waals surface area (Å²) in [4.78, 5) is 170. The largest absolute Gasteiger partial charge is 0.393 e. The number of nitrogens with zero attached hydrogens (tertiary/aromatic N) is 7. The minimum absolute atomic E-state index is 0.0196. The van der Waals surface area contributed by atoms with E-state index in [0.717, 1.165) is 49.8 Å². The zero-order chi connectivity index (χ0) is 66.8. The lowest BCUT2D eigenvalue weighted by atomic mass is 9.78. The van der Waals surface area contributed by atoms with Gasteiger partial charge < -0.3 is 55.6 Å². The SMILES string of the molecule is CC[C@H](C)[C@@H]1NC(=O)[C@H](C)N(C)C(=O)C[C@@H](C)NC(=O)[C@H](C2CCCC2)N(C)C(=O)C2(CCCC2)NC(=O)[C@@H]2CCCN2C(=O)[C@H](CCC2CCC(C(F)(F)F)C(Cl)C2)NC(=O)[C@H]2CCCN2C(=O)[C@H](CC2CCCCC2)N(C)C(=O)CN(C)C(=O)CN(C)C1=O. The summed E-state index contributed by atoms with van der Waals surface area (Å²) >= 11 is 6.41. The number of nitrogens with one attached hydrogen (secondary N) is 4. The number of alkyl halides is 4. The van der Waals surface area contributed by atoms with Crippen molar-refractivity contribution in [3.05, 3.63) is 0 Å². The van der Waals surface area contributed by atoms with Gasteiger partial charge in [0.15, 0.2) is 0 Å². The lowest BCUT2D eigenvalue weighted by Gasteiger charge is -2.40. The Bertz CT molecular complexity index is 2640. The van der Waals surface area contributed by atoms with Gasteiger partial charge in [-0.3, -0.25) is 52.7 Å². The van der Waals surface area contributed by atoms with Gasteiger partial charge in [0, 0.05) is 66.2 Å². The Hall–Kier alpha value is -5.75. The third kappa shape index (κ3) is 17.7. The molecule has 3 unspecified atom stereocenters. The maximum atomic E-state index is 15.3. The average molecular weight is 1310 g/mol. The quantitative estimate of drug-likeness (QED) is 0.228. The average Bonchev–Trinajstić information content (AvgIpc) is 1.64. The summed E-state index contributed by atoms with van der Waals surface area (Å²) < 4.78 is 41.9. The topological polar surface area (TPSA) is 259 Å². The Balaban J connectivity index is 1.22. The van der Waals surface area contributed by atoms with Crippen molar-refractivity contribution in [2.24, 2.45) is 29.6 Å². The molecule has 1 spiro atoms. The second-order valence-electron chi connectivity index (χ2n) is 27.9. The van der Waals surface area contributed by atoms with Crippen molar-refractivity contribution < 1.29 is 65.9 Å². The first kappa shape index (κ1) is 72.7. The number of carbonyl (C=O) groups is 11. The molecule has 7 rings (SSSR count). The van der Waals surface area contributed by atoms with Crippen molar-refractivity contribution in [3.8, 4) is 0 Å². The predicted molar refractivity (Wildman–Crippen MR) is 334 cm³/mol. The van der Waals surface area contributed by atoms with E-state index in [1.54, 1.807) is 20.9 Å². The summed E-state index contributed by atoms with van der Waals surface area (Å²) in [5.41, 5.74) is -1.45. The second-order valence-corrected chi connectivity index (χ2v) is 28.5. The number of halogens is 4. The van der Waals surface area contributed by atoms with Gasteiger partial charge >= 0.3 is 6.18 Å². The first-order chi connectivity index (χ1) is 43.0. The van der Waals surface area contributed by atoms with Crippen LogP contribution >= 0.6 is 11.6 Å². The fourth-order valence-corrected chi connectivity index (χ4v) is 15.9. The molecule has 4 aliphatic carbocycles. The standard InChI is InChI=1S/C65H103ClF3N11O11/c1-10-39(2)54-62(90)75(6)37-52(82)74(5)38-53(83)77(8)50(36-42-20-12-11-13-21-42)61(89)80-33-18-24-48(80)57(85)71-47(29-27-43-26-28-45(46(66)35-43)65(67,68)69)60(88)79-32-19-25-49(79)58(86)73-64(30-16-17-31-64)63(91)78(9)55(44-22-14-15-23-44)59(87)70-40(3)34-51(81)76(7)41(4)56(84)72-54/h39-50,54-55H,10-38H2,1-9H3,(H,70,87)(H,71,85)(H,72,84)(H,73,86)/t39-,40+,41-,43?,45?,46?,47-,48+,49-,50-,54-,55-/m0/s1. The van der Waals surface area contributed by atoms with Crippen molar-refractivity contribution in [2.45, 2.75) is 254 Å². The zero-order valence-electron chi connectivity index (χ0n) is 55.2. The van der Waals surface area contributed by atoms with Crippen molar-refractivity contribution in [1.82, 2.24) is 55.6 Å². The molecule has 91 heavy (non-hydrogen) atoms. The Morgan fingerprint density at radius 3 is 1.78 bits per heavy atom. The molecule has 22 nitrogen and oxygen atoms in total. The molecule has 0 aromatic heterocycles. The number of likely N-dealkylation sites (N-methyl/N-ethyl adjacent to an activating group) is 5. The van der Waals surface area contributed by atoms with Crippen molar-refractivity contribution in [2.75, 3.05) is 61.4 Å². The Morgan fingerprint density at radius 1 is 0.582 bits per heavy atom. The normalized spacial score (nSPS) is 32.0. The maximum absolute atomic E-state index is 15.3. The predicted octanol–water partition coefficient (Wildman–Crippen LogP) is 5.27. The molecule has 3 aliphatic heterocycles. The highest BCUT2D eigenvalue weighted by molar-refractivity contribution is 6.20. The Labute approximate surface area is 540 Å². The molecule has 512 valence electrons. The first-order valence-electron chi connectivity index (χ1n) is 33.8. The van der Waals surface area contributed by atoms with E-state index in [1.807, 2.05) is 6.92 Å². The molecule has 26 heteroatoms. The second kappa shape index (κ2) is 31.9. The highest BCUT2D eigenvalue weighted by Gasteiger charge is 2.52. The molecule has 0 radical (unpaired) electrons. The minimum atomic E-state index is -4.49. The van der Waals surface area contributed by atoms with E-state index < -0.39 is 155 Å². The van der Waals surface area contributed by atoms with Crippen LogP contribution in [-0.2, 0) is 52.7 Å². The van der Waals surface area contributed by atoms with E-state index in [1.165, 1.54) is 64.5 Å². The van der Waals surface area contributed by atoms with Crippen LogP contribution in [-0.4, -0.2) is 226 Å². The van der Waals surface area contributed by atoms with E-state index in [2.05, 4.69) is 21.3 Å². The molecule has 11 amide bonds. The van der Waals surface area contributed by atoms with Crippen molar-refractivity contribution in [3.63, 3.8) is 0 Å². The van der Waals surface area contributed by atoms with Gasteiger partial charge in [-0.25, -0.2) is 0 Å². The smallest absolute Gasteiger partial charge is 0.351 e. The molecule has 7 fully saturated rings. The Kier molecular flexibility index (Phi) is 25.5. The van der Waals surface area contributed by atoms with Gasteiger partial charge in [-0.2, -0.15) is 13.2 Å². The number of hydrogen-bond acceptors (Lipinski definition) is 11. The summed E-state index contributed by atoms with van der Waals surface area (Å²) in [7, 11) is 7.31. The monoisotopic (exact) mass is 1310 g/mol. The molecule has 0 bridgehead atoms. The number of fused-ring (bicyclic) bond motifs is 2. The van der Waals surface area contributed by atoms with Crippen molar-refractivity contribution in [1.29, 1.82) is 0 Å². The third-order valence-corrected chi connectivity index (χ3v) is 22.0. The summed E-state index contributed by atoms with van der Waals surface area (Å²) in [5.74, 6) is -8.82. The van der Waals surface area contributed by atoms with E-state index in [0.29, 0.717) is 44.9 Å². The van der Waals surface area contributed by atoms with E-state index in [4.69, 9.17) is 11.6 Å². The summed E-state index contributed by atoms with van der Waals surface area (Å²) in [6.45, 7) is 6.09. The van der Waals surface area contributed by atoms with Crippen LogP contribution in [0.5, 0.6) is 0 Å². The molecule has 7 aliphatic rings. The lowest BCUT2D eigenvalue weighted by molar-refractivity contribution is -0.182. The number of hydrogen-bond donors (Lipinski definition) is 4. The molecule has 4 saturated carbocycles. The van der Waals surface area contributed by atoms with Crippen LogP contribution in [0, 0.1) is 29.6 Å². The van der Waals surface area contributed by atoms with Crippen LogP contribution in [0.25, 0.3) is 0 Å². The van der Waals surface area contributed by atoms with Crippen LogP contribution in [0.2, 0.25) is 0 Å². The van der Waals surface area contributed by atoms with E-state index in [-0.39, 0.29) is 101 Å². The fourth-order valence-electron chi connectivity index (χ4n) is 15.4. The molecule has 0 aromatic rings. The molecule has 3 saturated heterocycles. The van der Waals surface area contributed by atoms with Crippen LogP contribution in [0.1, 0.15) is 188 Å². The summed E-state index contributed by atoms with van der Waals surface area (Å²) in [6.07, 6.45) is 6.57. The first-order valence-corrected chi connectivity index (χ1v) is 34.2. The number of rotatable bonds is 8. The third-order valence-electron chi connectivity index (χ3n) is 21.5. The van der Waals surface area contributed by atoms with Gasteiger partial charge in [0.1, 0.15) is 47.8 Å². The van der Waals surface area contributed by atoms with Crippen LogP contribution < -0.4 is 21.3 Å². The minimum Gasteiger partial charge on any atom is -0.351 e. The number of carbonyl (C=O) groups excluding carboxylic acids is 11. The lowest BCUT2D eigenvalue weighted by Crippen LogP contribution is -2.64. The molecule has 12 atom stereocenters. The molecule has 3 heterocycles. The highest BCUT2D eigenvalue weighted by atomic mass is 35.5. The van der Waals surface area contributed by atoms with E-state index >= 15 is 14.4 Å². The molecular weight excluding hydrogens is 1200 g/mol. The fraction of sp³-hybridized carbons (Fsp3) is 0.831. The van der Waals surface area contributed by atoms with Gasteiger partial charge in [0.05, 0.1) is 19.0 Å². The Morgan fingerprint density at radius 2 is 1.18 bits per heavy atom. The van der Waals surface area contributed by atoms with Gasteiger partial charge in [0.25, 0.3) is 0 Å². The number of amides is 11. The molecule has 0 aromatic carbocycles. The van der Waals surface area contributed by atoms with Gasteiger partial charge in [-0.1, -0.05) is 78.1 Å². The molecular formula is C65H103ClF3N11O11. The molecule has 4 N–H and O–H groups in total. The summed E-state index contributed by atoms with van der Waals surface area (Å²) in [6, 6.07) is -8.49.